The SMILES string of the molecule is COCCNCc1ccc(C)n(CCC(C)C)c1=O. The van der Waals surface area contributed by atoms with Crippen LogP contribution in [0.15, 0.2) is 16.9 Å². The van der Waals surface area contributed by atoms with Gasteiger partial charge in [-0.05, 0) is 25.3 Å². The zero-order chi connectivity index (χ0) is 14.3. The third-order valence-electron chi connectivity index (χ3n) is 3.20. The van der Waals surface area contributed by atoms with E-state index in [-0.39, 0.29) is 5.56 Å². The standard InChI is InChI=1S/C15H26N2O2/c1-12(2)7-9-17-13(3)5-6-14(15(17)18)11-16-8-10-19-4/h5-6,12,16H,7-11H2,1-4H3. The van der Waals surface area contributed by atoms with Gasteiger partial charge < -0.3 is 14.6 Å². The van der Waals surface area contributed by atoms with Crippen molar-refractivity contribution in [3.05, 3.63) is 33.7 Å². The molecule has 1 heterocycles. The molecule has 0 aliphatic rings. The highest BCUT2D eigenvalue weighted by atomic mass is 16.5. The van der Waals surface area contributed by atoms with E-state index in [0.717, 1.165) is 30.8 Å². The summed E-state index contributed by atoms with van der Waals surface area (Å²) in [4.78, 5) is 12.4. The van der Waals surface area contributed by atoms with E-state index in [9.17, 15) is 4.79 Å². The van der Waals surface area contributed by atoms with E-state index >= 15 is 0 Å². The van der Waals surface area contributed by atoms with Crippen molar-refractivity contribution in [1.82, 2.24) is 9.88 Å². The first-order chi connectivity index (χ1) is 9.06. The summed E-state index contributed by atoms with van der Waals surface area (Å²) in [6.45, 7) is 9.17. The van der Waals surface area contributed by atoms with Gasteiger partial charge in [-0.25, -0.2) is 0 Å². The van der Waals surface area contributed by atoms with Crippen LogP contribution in [0.1, 0.15) is 31.5 Å². The fraction of sp³-hybridized carbons (Fsp3) is 0.667. The largest absolute Gasteiger partial charge is 0.383 e. The summed E-state index contributed by atoms with van der Waals surface area (Å²) >= 11 is 0. The monoisotopic (exact) mass is 266 g/mol. The lowest BCUT2D eigenvalue weighted by Gasteiger charge is -2.13. The fourth-order valence-electron chi connectivity index (χ4n) is 1.91. The Morgan fingerprint density at radius 1 is 1.37 bits per heavy atom. The second-order valence-corrected chi connectivity index (χ2v) is 5.31. The van der Waals surface area contributed by atoms with Crippen LogP contribution in [0.25, 0.3) is 0 Å². The van der Waals surface area contributed by atoms with E-state index in [4.69, 9.17) is 4.74 Å². The van der Waals surface area contributed by atoms with E-state index in [1.54, 1.807) is 7.11 Å². The molecule has 0 spiro atoms. The number of methoxy groups -OCH3 is 1. The summed E-state index contributed by atoms with van der Waals surface area (Å²) in [5.74, 6) is 0.606. The highest BCUT2D eigenvalue weighted by Crippen LogP contribution is 2.05. The summed E-state index contributed by atoms with van der Waals surface area (Å²) in [5.41, 5.74) is 1.99. The molecule has 0 aliphatic heterocycles. The van der Waals surface area contributed by atoms with Gasteiger partial charge in [-0.15, -0.1) is 0 Å². The number of rotatable bonds is 8. The predicted molar refractivity (Wildman–Crippen MR) is 78.5 cm³/mol. The van der Waals surface area contributed by atoms with Gasteiger partial charge in [-0.2, -0.15) is 0 Å². The number of hydrogen-bond acceptors (Lipinski definition) is 3. The van der Waals surface area contributed by atoms with Crippen molar-refractivity contribution in [1.29, 1.82) is 0 Å². The van der Waals surface area contributed by atoms with Crippen molar-refractivity contribution in [3.8, 4) is 0 Å². The van der Waals surface area contributed by atoms with Gasteiger partial charge >= 0.3 is 0 Å². The van der Waals surface area contributed by atoms with Crippen LogP contribution in [0.4, 0.5) is 0 Å². The first-order valence-corrected chi connectivity index (χ1v) is 6.95. The summed E-state index contributed by atoms with van der Waals surface area (Å²) in [6.07, 6.45) is 1.03. The Morgan fingerprint density at radius 2 is 2.11 bits per heavy atom. The molecule has 1 aromatic heterocycles. The molecule has 1 N–H and O–H groups in total. The van der Waals surface area contributed by atoms with Gasteiger partial charge in [0.1, 0.15) is 0 Å². The Bertz CT molecular complexity index is 438. The van der Waals surface area contributed by atoms with Crippen LogP contribution >= 0.6 is 0 Å². The molecule has 0 bridgehead atoms. The molecule has 0 aromatic carbocycles. The lowest BCUT2D eigenvalue weighted by Crippen LogP contribution is -2.29. The molecule has 0 atom stereocenters. The molecule has 0 amide bonds. The predicted octanol–water partition coefficient (Wildman–Crippen LogP) is 1.94. The van der Waals surface area contributed by atoms with Crippen LogP contribution in [0, 0.1) is 12.8 Å². The van der Waals surface area contributed by atoms with Gasteiger partial charge in [-0.3, -0.25) is 4.79 Å². The maximum atomic E-state index is 12.4. The van der Waals surface area contributed by atoms with Crippen LogP contribution < -0.4 is 10.9 Å². The van der Waals surface area contributed by atoms with Gasteiger partial charge in [0.25, 0.3) is 5.56 Å². The van der Waals surface area contributed by atoms with Crippen LogP contribution in [-0.4, -0.2) is 24.8 Å². The lowest BCUT2D eigenvalue weighted by molar-refractivity contribution is 0.199. The smallest absolute Gasteiger partial charge is 0.255 e. The minimum atomic E-state index is 0.130. The molecular formula is C15H26N2O2. The summed E-state index contributed by atoms with van der Waals surface area (Å²) in [7, 11) is 1.67. The number of nitrogens with one attached hydrogen (secondary N) is 1. The fourth-order valence-corrected chi connectivity index (χ4v) is 1.91. The normalized spacial score (nSPS) is 11.2. The topological polar surface area (TPSA) is 43.3 Å². The Hall–Kier alpha value is -1.13. The molecule has 0 aliphatic carbocycles. The average molecular weight is 266 g/mol. The third kappa shape index (κ3) is 5.17. The van der Waals surface area contributed by atoms with Gasteiger partial charge in [0.2, 0.25) is 0 Å². The van der Waals surface area contributed by atoms with Crippen molar-refractivity contribution in [2.75, 3.05) is 20.3 Å². The average Bonchev–Trinajstić information content (AvgIpc) is 2.36. The minimum Gasteiger partial charge on any atom is -0.383 e. The summed E-state index contributed by atoms with van der Waals surface area (Å²) < 4.78 is 6.85. The van der Waals surface area contributed by atoms with Gasteiger partial charge in [-0.1, -0.05) is 19.9 Å². The third-order valence-corrected chi connectivity index (χ3v) is 3.20. The van der Waals surface area contributed by atoms with Gasteiger partial charge in [0.15, 0.2) is 0 Å². The van der Waals surface area contributed by atoms with E-state index in [0.29, 0.717) is 19.1 Å². The van der Waals surface area contributed by atoms with E-state index in [2.05, 4.69) is 19.2 Å². The quantitative estimate of drug-likeness (QED) is 0.731. The second kappa shape index (κ2) is 8.12. The zero-order valence-corrected chi connectivity index (χ0v) is 12.5. The number of hydrogen-bond donors (Lipinski definition) is 1. The molecule has 1 rings (SSSR count). The molecule has 0 fully saturated rings. The maximum absolute atomic E-state index is 12.4. The van der Waals surface area contributed by atoms with Crippen molar-refractivity contribution >= 4 is 0 Å². The molecule has 1 aromatic rings. The van der Waals surface area contributed by atoms with Crippen molar-refractivity contribution in [2.24, 2.45) is 5.92 Å². The van der Waals surface area contributed by atoms with Crippen molar-refractivity contribution in [3.63, 3.8) is 0 Å². The highest BCUT2D eigenvalue weighted by Gasteiger charge is 2.06. The first-order valence-electron chi connectivity index (χ1n) is 6.95. The number of pyridine rings is 1. The van der Waals surface area contributed by atoms with E-state index in [1.165, 1.54) is 0 Å². The Kier molecular flexibility index (Phi) is 6.81. The van der Waals surface area contributed by atoms with Gasteiger partial charge in [0, 0.05) is 38.0 Å². The number of nitrogens with zero attached hydrogens (tertiary/aromatic N) is 1. The number of ether oxygens (including phenoxy) is 1. The highest BCUT2D eigenvalue weighted by molar-refractivity contribution is 5.15. The molecule has 19 heavy (non-hydrogen) atoms. The molecule has 4 heteroatoms. The van der Waals surface area contributed by atoms with Crippen LogP contribution in [-0.2, 0) is 17.8 Å². The van der Waals surface area contributed by atoms with E-state index < -0.39 is 0 Å². The first kappa shape index (κ1) is 15.9. The lowest BCUT2D eigenvalue weighted by atomic mass is 10.1. The van der Waals surface area contributed by atoms with Gasteiger partial charge in [0.05, 0.1) is 6.61 Å². The Balaban J connectivity index is 2.73. The van der Waals surface area contributed by atoms with Crippen LogP contribution in [0.3, 0.4) is 0 Å². The molecule has 0 unspecified atom stereocenters. The minimum absolute atomic E-state index is 0.130. The molecule has 108 valence electrons. The Morgan fingerprint density at radius 3 is 2.74 bits per heavy atom. The van der Waals surface area contributed by atoms with Crippen molar-refractivity contribution in [2.45, 2.75) is 40.3 Å². The molecular weight excluding hydrogens is 240 g/mol. The zero-order valence-electron chi connectivity index (χ0n) is 12.5. The maximum Gasteiger partial charge on any atom is 0.255 e. The molecule has 0 radical (unpaired) electrons. The number of aromatic nitrogens is 1. The molecule has 4 nitrogen and oxygen atoms in total. The molecule has 0 saturated heterocycles. The van der Waals surface area contributed by atoms with Crippen LogP contribution in [0.2, 0.25) is 0 Å². The summed E-state index contributed by atoms with van der Waals surface area (Å²) in [5, 5.41) is 3.22. The van der Waals surface area contributed by atoms with Crippen molar-refractivity contribution < 1.29 is 4.74 Å². The Labute approximate surface area is 115 Å². The van der Waals surface area contributed by atoms with Crippen LogP contribution in [0.5, 0.6) is 0 Å². The summed E-state index contributed by atoms with van der Waals surface area (Å²) in [6, 6.07) is 3.94. The second-order valence-electron chi connectivity index (χ2n) is 5.31. The number of aryl methyl sites for hydroxylation is 1. The van der Waals surface area contributed by atoms with E-state index in [1.807, 2.05) is 23.6 Å². The molecule has 0 saturated carbocycles.